The van der Waals surface area contributed by atoms with Crippen molar-refractivity contribution in [2.45, 2.75) is 25.6 Å². The van der Waals surface area contributed by atoms with Gasteiger partial charge in [-0.25, -0.2) is 0 Å². The summed E-state index contributed by atoms with van der Waals surface area (Å²) in [5.41, 5.74) is -0.0490. The van der Waals surface area contributed by atoms with E-state index in [2.05, 4.69) is 10.3 Å². The number of nitrogens with zero attached hydrogens (tertiary/aromatic N) is 1. The molecule has 0 bridgehead atoms. The zero-order chi connectivity index (χ0) is 11.6. The molecular formula is C11H13F3N2. The molecule has 0 radical (unpaired) electrons. The van der Waals surface area contributed by atoms with E-state index in [0.29, 0.717) is 12.2 Å². The summed E-state index contributed by atoms with van der Waals surface area (Å²) in [7, 11) is 0. The standard InChI is InChI=1S/C11H13F3N2/c12-11(13,14)9-3-4-10(16-6-9)7-15-5-8-1-2-8/h3-4,6,8,15H,1-2,5,7H2. The molecule has 0 amide bonds. The van der Waals surface area contributed by atoms with E-state index in [9.17, 15) is 13.2 Å². The molecule has 2 nitrogen and oxygen atoms in total. The van der Waals surface area contributed by atoms with Crippen molar-refractivity contribution in [3.8, 4) is 0 Å². The van der Waals surface area contributed by atoms with E-state index in [1.165, 1.54) is 18.9 Å². The lowest BCUT2D eigenvalue weighted by atomic mass is 10.2. The van der Waals surface area contributed by atoms with Crippen molar-refractivity contribution in [2.24, 2.45) is 5.92 Å². The van der Waals surface area contributed by atoms with Crippen LogP contribution in [0.25, 0.3) is 0 Å². The number of pyridine rings is 1. The molecule has 1 aliphatic carbocycles. The van der Waals surface area contributed by atoms with Crippen molar-refractivity contribution >= 4 is 0 Å². The zero-order valence-electron chi connectivity index (χ0n) is 8.72. The third-order valence-electron chi connectivity index (χ3n) is 2.59. The average Bonchev–Trinajstić information content (AvgIpc) is 3.01. The van der Waals surface area contributed by atoms with Gasteiger partial charge in [0.25, 0.3) is 0 Å². The van der Waals surface area contributed by atoms with Gasteiger partial charge < -0.3 is 5.32 Å². The van der Waals surface area contributed by atoms with Gasteiger partial charge in [-0.3, -0.25) is 4.98 Å². The molecular weight excluding hydrogens is 217 g/mol. The molecule has 0 aromatic carbocycles. The number of halogens is 3. The summed E-state index contributed by atoms with van der Waals surface area (Å²) < 4.78 is 36.7. The maximum absolute atomic E-state index is 12.2. The first-order valence-electron chi connectivity index (χ1n) is 5.28. The summed E-state index contributed by atoms with van der Waals surface area (Å²) in [6.45, 7) is 1.47. The summed E-state index contributed by atoms with van der Waals surface area (Å²) in [5.74, 6) is 0.759. The Hall–Kier alpha value is -1.10. The van der Waals surface area contributed by atoms with Crippen LogP contribution in [0.4, 0.5) is 13.2 Å². The number of hydrogen-bond acceptors (Lipinski definition) is 2. The minimum absolute atomic E-state index is 0.536. The van der Waals surface area contributed by atoms with Gasteiger partial charge in [-0.15, -0.1) is 0 Å². The van der Waals surface area contributed by atoms with Crippen LogP contribution in [-0.4, -0.2) is 11.5 Å². The van der Waals surface area contributed by atoms with E-state index in [1.54, 1.807) is 0 Å². The summed E-state index contributed by atoms with van der Waals surface area (Å²) in [6, 6.07) is 2.49. The average molecular weight is 230 g/mol. The fourth-order valence-electron chi connectivity index (χ4n) is 1.42. The minimum Gasteiger partial charge on any atom is -0.311 e. The van der Waals surface area contributed by atoms with E-state index < -0.39 is 11.7 Å². The molecule has 1 aliphatic rings. The first-order chi connectivity index (χ1) is 7.55. The van der Waals surface area contributed by atoms with Crippen molar-refractivity contribution in [3.05, 3.63) is 29.6 Å². The van der Waals surface area contributed by atoms with Gasteiger partial charge in [-0.2, -0.15) is 13.2 Å². The van der Waals surface area contributed by atoms with Crippen LogP contribution in [0, 0.1) is 5.92 Å². The molecule has 0 aliphatic heterocycles. The second-order valence-electron chi connectivity index (χ2n) is 4.11. The molecule has 1 aromatic heterocycles. The highest BCUT2D eigenvalue weighted by molar-refractivity contribution is 5.16. The molecule has 0 atom stereocenters. The Morgan fingerprint density at radius 1 is 1.31 bits per heavy atom. The van der Waals surface area contributed by atoms with Gasteiger partial charge in [0.1, 0.15) is 0 Å². The van der Waals surface area contributed by atoms with E-state index >= 15 is 0 Å². The SMILES string of the molecule is FC(F)(F)c1ccc(CNCC2CC2)nc1. The highest BCUT2D eigenvalue weighted by atomic mass is 19.4. The van der Waals surface area contributed by atoms with Crippen LogP contribution < -0.4 is 5.32 Å². The maximum Gasteiger partial charge on any atom is 0.417 e. The van der Waals surface area contributed by atoms with Crippen molar-refractivity contribution < 1.29 is 13.2 Å². The molecule has 16 heavy (non-hydrogen) atoms. The molecule has 1 heterocycles. The first kappa shape index (κ1) is 11.4. The van der Waals surface area contributed by atoms with Crippen LogP contribution >= 0.6 is 0 Å². The Labute approximate surface area is 91.9 Å². The normalized spacial score (nSPS) is 16.4. The third-order valence-corrected chi connectivity index (χ3v) is 2.59. The van der Waals surface area contributed by atoms with Crippen LogP contribution in [0.15, 0.2) is 18.3 Å². The zero-order valence-corrected chi connectivity index (χ0v) is 8.72. The fraction of sp³-hybridized carbons (Fsp3) is 0.545. The second-order valence-corrected chi connectivity index (χ2v) is 4.11. The maximum atomic E-state index is 12.2. The predicted molar refractivity (Wildman–Crippen MR) is 53.7 cm³/mol. The van der Waals surface area contributed by atoms with Gasteiger partial charge in [-0.05, 0) is 37.4 Å². The van der Waals surface area contributed by atoms with Gasteiger partial charge in [0.2, 0.25) is 0 Å². The Bertz CT molecular complexity index is 341. The lowest BCUT2D eigenvalue weighted by Gasteiger charge is -2.07. The smallest absolute Gasteiger partial charge is 0.311 e. The third kappa shape index (κ3) is 3.20. The summed E-state index contributed by atoms with van der Waals surface area (Å²) in [6.07, 6.45) is -0.901. The van der Waals surface area contributed by atoms with Gasteiger partial charge in [0.05, 0.1) is 11.3 Å². The molecule has 2 rings (SSSR count). The van der Waals surface area contributed by atoms with E-state index in [-0.39, 0.29) is 0 Å². The van der Waals surface area contributed by atoms with Gasteiger partial charge >= 0.3 is 6.18 Å². The highest BCUT2D eigenvalue weighted by Gasteiger charge is 2.30. The number of aromatic nitrogens is 1. The summed E-state index contributed by atoms with van der Waals surface area (Å²) >= 11 is 0. The van der Waals surface area contributed by atoms with Crippen LogP contribution in [0.2, 0.25) is 0 Å². The van der Waals surface area contributed by atoms with E-state index in [1.807, 2.05) is 0 Å². The number of rotatable bonds is 4. The lowest BCUT2D eigenvalue weighted by Crippen LogP contribution is -2.17. The number of hydrogen-bond donors (Lipinski definition) is 1. The Morgan fingerprint density at radius 3 is 2.56 bits per heavy atom. The van der Waals surface area contributed by atoms with Crippen molar-refractivity contribution in [3.63, 3.8) is 0 Å². The van der Waals surface area contributed by atoms with Crippen LogP contribution in [0.1, 0.15) is 24.1 Å². The van der Waals surface area contributed by atoms with Gasteiger partial charge in [-0.1, -0.05) is 0 Å². The van der Waals surface area contributed by atoms with Gasteiger partial charge in [0.15, 0.2) is 0 Å². The molecule has 0 saturated heterocycles. The molecule has 1 N–H and O–H groups in total. The Morgan fingerprint density at radius 2 is 2.06 bits per heavy atom. The molecule has 1 fully saturated rings. The molecule has 88 valence electrons. The molecule has 5 heteroatoms. The molecule has 0 spiro atoms. The second kappa shape index (κ2) is 4.41. The van der Waals surface area contributed by atoms with Crippen LogP contribution in [0.3, 0.4) is 0 Å². The molecule has 0 unspecified atom stereocenters. The molecule has 1 aromatic rings. The van der Waals surface area contributed by atoms with Crippen molar-refractivity contribution in [1.82, 2.24) is 10.3 Å². The van der Waals surface area contributed by atoms with E-state index in [0.717, 1.165) is 24.7 Å². The van der Waals surface area contributed by atoms with Crippen LogP contribution in [-0.2, 0) is 12.7 Å². The van der Waals surface area contributed by atoms with Crippen molar-refractivity contribution in [1.29, 1.82) is 0 Å². The van der Waals surface area contributed by atoms with Crippen LogP contribution in [0.5, 0.6) is 0 Å². The number of alkyl halides is 3. The summed E-state index contributed by atoms with van der Waals surface area (Å²) in [5, 5.41) is 3.18. The van der Waals surface area contributed by atoms with E-state index in [4.69, 9.17) is 0 Å². The molecule has 1 saturated carbocycles. The van der Waals surface area contributed by atoms with Gasteiger partial charge in [0, 0.05) is 12.7 Å². The largest absolute Gasteiger partial charge is 0.417 e. The fourth-order valence-corrected chi connectivity index (χ4v) is 1.42. The number of nitrogens with one attached hydrogen (secondary N) is 1. The first-order valence-corrected chi connectivity index (χ1v) is 5.28. The Balaban J connectivity index is 1.85. The lowest BCUT2D eigenvalue weighted by molar-refractivity contribution is -0.137. The minimum atomic E-state index is -4.30. The van der Waals surface area contributed by atoms with Crippen molar-refractivity contribution in [2.75, 3.05) is 6.54 Å². The summed E-state index contributed by atoms with van der Waals surface area (Å²) in [4.78, 5) is 3.78. The predicted octanol–water partition coefficient (Wildman–Crippen LogP) is 2.60. The quantitative estimate of drug-likeness (QED) is 0.860. The Kier molecular flexibility index (Phi) is 3.14. The highest BCUT2D eigenvalue weighted by Crippen LogP contribution is 2.29. The monoisotopic (exact) mass is 230 g/mol. The topological polar surface area (TPSA) is 24.9 Å².